The number of rotatable bonds is 5. The van der Waals surface area contributed by atoms with Crippen molar-refractivity contribution in [2.24, 2.45) is 0 Å². The fourth-order valence-corrected chi connectivity index (χ4v) is 1.10. The quantitative estimate of drug-likeness (QED) is 0.697. The van der Waals surface area contributed by atoms with Crippen LogP contribution >= 0.6 is 0 Å². The lowest BCUT2D eigenvalue weighted by Gasteiger charge is -2.06. The van der Waals surface area contributed by atoms with Crippen LogP contribution in [0.3, 0.4) is 0 Å². The van der Waals surface area contributed by atoms with E-state index in [4.69, 9.17) is 9.47 Å². The van der Waals surface area contributed by atoms with E-state index < -0.39 is 0 Å². The fourth-order valence-electron chi connectivity index (χ4n) is 1.10. The lowest BCUT2D eigenvalue weighted by atomic mass is 10.2. The maximum atomic E-state index is 11.1. The molecule has 0 atom stereocenters. The van der Waals surface area contributed by atoms with Gasteiger partial charge in [-0.1, -0.05) is 19.1 Å². The molecule has 0 fully saturated rings. The molecular formula is C12H16O3. The molecule has 0 aliphatic rings. The summed E-state index contributed by atoms with van der Waals surface area (Å²) in [6.45, 7) is 4.36. The zero-order chi connectivity index (χ0) is 11.1. The van der Waals surface area contributed by atoms with E-state index in [2.05, 4.69) is 0 Å². The van der Waals surface area contributed by atoms with Gasteiger partial charge >= 0.3 is 5.97 Å². The molecule has 15 heavy (non-hydrogen) atoms. The molecule has 82 valence electrons. The summed E-state index contributed by atoms with van der Waals surface area (Å²) in [5.41, 5.74) is 1.11. The molecule has 3 nitrogen and oxygen atoms in total. The SMILES string of the molecule is CCCOC(=O)COc1cccc(C)c1. The molecule has 0 saturated heterocycles. The maximum absolute atomic E-state index is 11.1. The zero-order valence-electron chi connectivity index (χ0n) is 9.16. The van der Waals surface area contributed by atoms with Gasteiger partial charge in [0.15, 0.2) is 6.61 Å². The zero-order valence-corrected chi connectivity index (χ0v) is 9.16. The third-order valence-electron chi connectivity index (χ3n) is 1.81. The van der Waals surface area contributed by atoms with Gasteiger partial charge in [0.25, 0.3) is 0 Å². The average Bonchev–Trinajstić information content (AvgIpc) is 2.23. The van der Waals surface area contributed by atoms with Crippen molar-refractivity contribution in [3.05, 3.63) is 29.8 Å². The second-order valence-electron chi connectivity index (χ2n) is 3.33. The first-order valence-electron chi connectivity index (χ1n) is 5.07. The van der Waals surface area contributed by atoms with Crippen LogP contribution < -0.4 is 4.74 Å². The van der Waals surface area contributed by atoms with Gasteiger partial charge in [-0.2, -0.15) is 0 Å². The van der Waals surface area contributed by atoms with E-state index in [9.17, 15) is 4.79 Å². The lowest BCUT2D eigenvalue weighted by molar-refractivity contribution is -0.146. The molecule has 0 unspecified atom stereocenters. The van der Waals surface area contributed by atoms with Crippen molar-refractivity contribution in [1.29, 1.82) is 0 Å². The summed E-state index contributed by atoms with van der Waals surface area (Å²) in [5.74, 6) is 0.377. The first kappa shape index (κ1) is 11.6. The van der Waals surface area contributed by atoms with Crippen molar-refractivity contribution in [3.8, 4) is 5.75 Å². The number of carbonyl (C=O) groups is 1. The summed E-state index contributed by atoms with van der Waals surface area (Å²) >= 11 is 0. The van der Waals surface area contributed by atoms with Gasteiger partial charge in [-0.05, 0) is 31.0 Å². The molecule has 1 aromatic rings. The largest absolute Gasteiger partial charge is 0.482 e. The Hall–Kier alpha value is -1.51. The fraction of sp³-hybridized carbons (Fsp3) is 0.417. The molecular weight excluding hydrogens is 192 g/mol. The summed E-state index contributed by atoms with van der Waals surface area (Å²) in [7, 11) is 0. The number of benzene rings is 1. The normalized spacial score (nSPS) is 9.73. The number of hydrogen-bond acceptors (Lipinski definition) is 3. The minimum atomic E-state index is -0.321. The molecule has 3 heteroatoms. The minimum Gasteiger partial charge on any atom is -0.482 e. The predicted molar refractivity (Wildman–Crippen MR) is 57.9 cm³/mol. The van der Waals surface area contributed by atoms with Gasteiger partial charge in [-0.25, -0.2) is 4.79 Å². The Morgan fingerprint density at radius 2 is 2.20 bits per heavy atom. The van der Waals surface area contributed by atoms with E-state index in [1.807, 2.05) is 38.1 Å². The van der Waals surface area contributed by atoms with Crippen LogP contribution in [0.5, 0.6) is 5.75 Å². The Morgan fingerprint density at radius 1 is 1.40 bits per heavy atom. The Bertz CT molecular complexity index is 320. The highest BCUT2D eigenvalue weighted by Gasteiger charge is 2.03. The molecule has 1 rings (SSSR count). The van der Waals surface area contributed by atoms with Crippen LogP contribution in [0.1, 0.15) is 18.9 Å². The molecule has 0 spiro atoms. The van der Waals surface area contributed by atoms with E-state index in [0.29, 0.717) is 12.4 Å². The van der Waals surface area contributed by atoms with Crippen LogP contribution in [0, 0.1) is 6.92 Å². The topological polar surface area (TPSA) is 35.5 Å². The predicted octanol–water partition coefficient (Wildman–Crippen LogP) is 2.33. The molecule has 1 aromatic carbocycles. The minimum absolute atomic E-state index is 0.0244. The number of aryl methyl sites for hydroxylation is 1. The summed E-state index contributed by atoms with van der Waals surface area (Å²) < 4.78 is 10.2. The third-order valence-corrected chi connectivity index (χ3v) is 1.81. The van der Waals surface area contributed by atoms with Crippen molar-refractivity contribution in [3.63, 3.8) is 0 Å². The van der Waals surface area contributed by atoms with Gasteiger partial charge in [-0.15, -0.1) is 0 Å². The van der Waals surface area contributed by atoms with Crippen molar-refractivity contribution in [1.82, 2.24) is 0 Å². The van der Waals surface area contributed by atoms with Crippen LogP contribution in [0.2, 0.25) is 0 Å². The Balaban J connectivity index is 2.33. The standard InChI is InChI=1S/C12H16O3/c1-3-7-14-12(13)9-15-11-6-4-5-10(2)8-11/h4-6,8H,3,7,9H2,1-2H3. The van der Waals surface area contributed by atoms with Crippen molar-refractivity contribution >= 4 is 5.97 Å². The first-order valence-corrected chi connectivity index (χ1v) is 5.07. The maximum Gasteiger partial charge on any atom is 0.344 e. The molecule has 0 radical (unpaired) electrons. The number of esters is 1. The van der Waals surface area contributed by atoms with Gasteiger partial charge in [0.2, 0.25) is 0 Å². The van der Waals surface area contributed by atoms with Gasteiger partial charge in [0.05, 0.1) is 6.61 Å². The average molecular weight is 208 g/mol. The van der Waals surface area contributed by atoms with Gasteiger partial charge in [0, 0.05) is 0 Å². The highest BCUT2D eigenvalue weighted by molar-refractivity contribution is 5.71. The van der Waals surface area contributed by atoms with E-state index in [0.717, 1.165) is 12.0 Å². The Morgan fingerprint density at radius 3 is 2.87 bits per heavy atom. The second-order valence-corrected chi connectivity index (χ2v) is 3.33. The molecule has 0 saturated carbocycles. The Labute approximate surface area is 90.0 Å². The van der Waals surface area contributed by atoms with Crippen molar-refractivity contribution < 1.29 is 14.3 Å². The van der Waals surface area contributed by atoms with Crippen LogP contribution in [0.4, 0.5) is 0 Å². The summed E-state index contributed by atoms with van der Waals surface area (Å²) in [6, 6.07) is 7.57. The highest BCUT2D eigenvalue weighted by atomic mass is 16.6. The monoisotopic (exact) mass is 208 g/mol. The molecule has 0 aromatic heterocycles. The molecule has 0 aliphatic carbocycles. The first-order chi connectivity index (χ1) is 7.22. The van der Waals surface area contributed by atoms with Crippen LogP contribution in [0.15, 0.2) is 24.3 Å². The third kappa shape index (κ3) is 4.49. The van der Waals surface area contributed by atoms with E-state index in [1.165, 1.54) is 0 Å². The van der Waals surface area contributed by atoms with Gasteiger partial charge in [0.1, 0.15) is 5.75 Å². The highest BCUT2D eigenvalue weighted by Crippen LogP contribution is 2.11. The number of hydrogen-bond donors (Lipinski definition) is 0. The summed E-state index contributed by atoms with van der Waals surface area (Å²) in [6.07, 6.45) is 0.830. The van der Waals surface area contributed by atoms with Gasteiger partial charge < -0.3 is 9.47 Å². The summed E-state index contributed by atoms with van der Waals surface area (Å²) in [5, 5.41) is 0. The van der Waals surface area contributed by atoms with Crippen LogP contribution in [-0.4, -0.2) is 19.2 Å². The van der Waals surface area contributed by atoms with E-state index in [1.54, 1.807) is 0 Å². The summed E-state index contributed by atoms with van der Waals surface area (Å²) in [4.78, 5) is 11.1. The molecule has 0 bridgehead atoms. The smallest absolute Gasteiger partial charge is 0.344 e. The van der Waals surface area contributed by atoms with Crippen LogP contribution in [0.25, 0.3) is 0 Å². The van der Waals surface area contributed by atoms with Crippen LogP contribution in [-0.2, 0) is 9.53 Å². The number of ether oxygens (including phenoxy) is 2. The lowest BCUT2D eigenvalue weighted by Crippen LogP contribution is -2.15. The molecule has 0 aliphatic heterocycles. The number of carbonyl (C=O) groups excluding carboxylic acids is 1. The molecule has 0 amide bonds. The van der Waals surface area contributed by atoms with E-state index >= 15 is 0 Å². The Kier molecular flexibility index (Phi) is 4.68. The van der Waals surface area contributed by atoms with Crippen molar-refractivity contribution in [2.45, 2.75) is 20.3 Å². The second kappa shape index (κ2) is 6.06. The molecule has 0 N–H and O–H groups in total. The molecule has 0 heterocycles. The van der Waals surface area contributed by atoms with Crippen molar-refractivity contribution in [2.75, 3.05) is 13.2 Å². The van der Waals surface area contributed by atoms with Gasteiger partial charge in [-0.3, -0.25) is 0 Å². The van der Waals surface area contributed by atoms with E-state index in [-0.39, 0.29) is 12.6 Å².